The van der Waals surface area contributed by atoms with Crippen molar-refractivity contribution in [2.75, 3.05) is 40.0 Å². The van der Waals surface area contributed by atoms with E-state index in [4.69, 9.17) is 9.47 Å². The molecule has 0 aromatic carbocycles. The van der Waals surface area contributed by atoms with Crippen LogP contribution in [0.3, 0.4) is 0 Å². The molecule has 0 spiro atoms. The molecule has 1 rings (SSSR count). The molecule has 2 amide bonds. The highest BCUT2D eigenvalue weighted by Gasteiger charge is 2.23. The lowest BCUT2D eigenvalue weighted by molar-refractivity contribution is -0.128. The summed E-state index contributed by atoms with van der Waals surface area (Å²) >= 11 is 0. The molecule has 1 unspecified atom stereocenters. The second-order valence-electron chi connectivity index (χ2n) is 4.64. The lowest BCUT2D eigenvalue weighted by Crippen LogP contribution is -2.43. The van der Waals surface area contributed by atoms with Crippen LogP contribution in [0.2, 0.25) is 0 Å². The van der Waals surface area contributed by atoms with Crippen molar-refractivity contribution in [1.82, 2.24) is 10.6 Å². The number of hydrogen-bond acceptors (Lipinski definition) is 4. The van der Waals surface area contributed by atoms with E-state index in [1.807, 2.05) is 0 Å². The van der Waals surface area contributed by atoms with Crippen molar-refractivity contribution >= 4 is 11.8 Å². The first-order valence-corrected chi connectivity index (χ1v) is 6.85. The maximum absolute atomic E-state index is 11.8. The van der Waals surface area contributed by atoms with E-state index in [1.54, 1.807) is 7.11 Å². The summed E-state index contributed by atoms with van der Waals surface area (Å²) in [7, 11) is 1.65. The normalized spacial score (nSPS) is 19.0. The number of hydrogen-bond donors (Lipinski definition) is 2. The number of unbranched alkanes of at least 4 members (excludes halogenated alkanes) is 1. The van der Waals surface area contributed by atoms with Crippen LogP contribution >= 0.6 is 0 Å². The van der Waals surface area contributed by atoms with Crippen LogP contribution in [0.5, 0.6) is 0 Å². The number of carbonyl (C=O) groups excluding carboxylic acids is 2. The zero-order valence-corrected chi connectivity index (χ0v) is 11.6. The molecule has 1 fully saturated rings. The van der Waals surface area contributed by atoms with Crippen molar-refractivity contribution in [2.45, 2.75) is 25.7 Å². The molecule has 2 N–H and O–H groups in total. The number of nitrogens with one attached hydrogen (secondary N) is 2. The van der Waals surface area contributed by atoms with Crippen LogP contribution in [0.25, 0.3) is 0 Å². The van der Waals surface area contributed by atoms with E-state index in [9.17, 15) is 9.59 Å². The van der Waals surface area contributed by atoms with Crippen molar-refractivity contribution in [1.29, 1.82) is 0 Å². The maximum Gasteiger partial charge on any atom is 0.224 e. The lowest BCUT2D eigenvalue weighted by Gasteiger charge is -2.21. The molecule has 6 heteroatoms. The van der Waals surface area contributed by atoms with Gasteiger partial charge in [0.25, 0.3) is 0 Å². The molecule has 1 saturated heterocycles. The number of ether oxygens (including phenoxy) is 2. The fraction of sp³-hybridized carbons (Fsp3) is 0.846. The predicted molar refractivity (Wildman–Crippen MR) is 70.7 cm³/mol. The van der Waals surface area contributed by atoms with Crippen molar-refractivity contribution in [2.24, 2.45) is 5.92 Å². The predicted octanol–water partition coefficient (Wildman–Crippen LogP) is 0.0720. The largest absolute Gasteiger partial charge is 0.382 e. The SMILES string of the molecule is COCCOCCCCNC(=O)C1CCC(=O)NC1. The topological polar surface area (TPSA) is 76.7 Å². The third-order valence-electron chi connectivity index (χ3n) is 3.08. The summed E-state index contributed by atoms with van der Waals surface area (Å²) < 4.78 is 10.2. The minimum atomic E-state index is -0.0735. The Morgan fingerprint density at radius 2 is 2.21 bits per heavy atom. The minimum Gasteiger partial charge on any atom is -0.382 e. The Labute approximate surface area is 114 Å². The molecule has 19 heavy (non-hydrogen) atoms. The van der Waals surface area contributed by atoms with Crippen molar-refractivity contribution in [3.8, 4) is 0 Å². The van der Waals surface area contributed by atoms with E-state index in [1.165, 1.54) is 0 Å². The minimum absolute atomic E-state index is 0.0391. The van der Waals surface area contributed by atoms with Gasteiger partial charge in [-0.15, -0.1) is 0 Å². The monoisotopic (exact) mass is 272 g/mol. The highest BCUT2D eigenvalue weighted by molar-refractivity contribution is 5.83. The van der Waals surface area contributed by atoms with Crippen LogP contribution in [0.15, 0.2) is 0 Å². The molecular formula is C13H24N2O4. The molecular weight excluding hydrogens is 248 g/mol. The fourth-order valence-corrected chi connectivity index (χ4v) is 1.89. The smallest absolute Gasteiger partial charge is 0.224 e. The van der Waals surface area contributed by atoms with Crippen LogP contribution < -0.4 is 10.6 Å². The van der Waals surface area contributed by atoms with Crippen LogP contribution in [0.4, 0.5) is 0 Å². The van der Waals surface area contributed by atoms with Gasteiger partial charge in [-0.1, -0.05) is 0 Å². The second-order valence-corrected chi connectivity index (χ2v) is 4.64. The van der Waals surface area contributed by atoms with Gasteiger partial charge in [-0.3, -0.25) is 9.59 Å². The van der Waals surface area contributed by atoms with Gasteiger partial charge < -0.3 is 20.1 Å². The van der Waals surface area contributed by atoms with Crippen LogP contribution in [-0.4, -0.2) is 51.8 Å². The first kappa shape index (κ1) is 15.9. The van der Waals surface area contributed by atoms with Gasteiger partial charge in [0.2, 0.25) is 11.8 Å². The van der Waals surface area contributed by atoms with Crippen LogP contribution in [-0.2, 0) is 19.1 Å². The molecule has 1 atom stereocenters. The first-order chi connectivity index (χ1) is 9.24. The van der Waals surface area contributed by atoms with Gasteiger partial charge in [0.1, 0.15) is 0 Å². The van der Waals surface area contributed by atoms with E-state index in [0.29, 0.717) is 45.8 Å². The van der Waals surface area contributed by atoms with Gasteiger partial charge in [0.15, 0.2) is 0 Å². The highest BCUT2D eigenvalue weighted by Crippen LogP contribution is 2.10. The number of rotatable bonds is 9. The summed E-state index contributed by atoms with van der Waals surface area (Å²) in [5.74, 6) is 0.00760. The Kier molecular flexibility index (Phi) is 8.16. The van der Waals surface area contributed by atoms with E-state index in [0.717, 1.165) is 12.8 Å². The number of methoxy groups -OCH3 is 1. The third-order valence-corrected chi connectivity index (χ3v) is 3.08. The summed E-state index contributed by atoms with van der Waals surface area (Å²) in [6, 6.07) is 0. The van der Waals surface area contributed by atoms with Crippen LogP contribution in [0.1, 0.15) is 25.7 Å². The standard InChI is InChI=1S/C13H24N2O4/c1-18-8-9-19-7-3-2-6-14-13(17)11-4-5-12(16)15-10-11/h11H,2-10H2,1H3,(H,14,17)(H,15,16). The van der Waals surface area contributed by atoms with Crippen molar-refractivity contribution in [3.05, 3.63) is 0 Å². The Balaban J connectivity index is 1.94. The molecule has 6 nitrogen and oxygen atoms in total. The molecule has 1 aliphatic rings. The first-order valence-electron chi connectivity index (χ1n) is 6.85. The third kappa shape index (κ3) is 7.12. The Bertz CT molecular complexity index is 274. The molecule has 0 aliphatic carbocycles. The second kappa shape index (κ2) is 9.75. The Morgan fingerprint density at radius 1 is 1.37 bits per heavy atom. The molecule has 0 aromatic rings. The molecule has 0 bridgehead atoms. The Morgan fingerprint density at radius 3 is 2.89 bits per heavy atom. The number of amides is 2. The zero-order valence-electron chi connectivity index (χ0n) is 11.6. The van der Waals surface area contributed by atoms with E-state index in [-0.39, 0.29) is 17.7 Å². The summed E-state index contributed by atoms with van der Waals surface area (Å²) in [5.41, 5.74) is 0. The zero-order chi connectivity index (χ0) is 13.9. The van der Waals surface area contributed by atoms with E-state index >= 15 is 0 Å². The summed E-state index contributed by atoms with van der Waals surface area (Å²) in [6.07, 6.45) is 2.92. The molecule has 1 aliphatic heterocycles. The maximum atomic E-state index is 11.8. The van der Waals surface area contributed by atoms with Crippen molar-refractivity contribution in [3.63, 3.8) is 0 Å². The number of piperidine rings is 1. The molecule has 0 radical (unpaired) electrons. The molecule has 110 valence electrons. The average molecular weight is 272 g/mol. The summed E-state index contributed by atoms with van der Waals surface area (Å²) in [4.78, 5) is 22.7. The fourth-order valence-electron chi connectivity index (χ4n) is 1.89. The van der Waals surface area contributed by atoms with Gasteiger partial charge in [-0.2, -0.15) is 0 Å². The number of carbonyl (C=O) groups is 2. The van der Waals surface area contributed by atoms with Crippen LogP contribution in [0, 0.1) is 5.92 Å². The van der Waals surface area contributed by atoms with E-state index in [2.05, 4.69) is 10.6 Å². The van der Waals surface area contributed by atoms with Gasteiger partial charge >= 0.3 is 0 Å². The molecule has 0 saturated carbocycles. The summed E-state index contributed by atoms with van der Waals surface area (Å²) in [5, 5.41) is 5.61. The quantitative estimate of drug-likeness (QED) is 0.582. The molecule has 1 heterocycles. The van der Waals surface area contributed by atoms with E-state index < -0.39 is 0 Å². The van der Waals surface area contributed by atoms with Gasteiger partial charge in [0, 0.05) is 33.2 Å². The summed E-state index contributed by atoms with van der Waals surface area (Å²) in [6.45, 7) is 3.05. The van der Waals surface area contributed by atoms with Gasteiger partial charge in [-0.05, 0) is 19.3 Å². The lowest BCUT2D eigenvalue weighted by atomic mass is 9.98. The van der Waals surface area contributed by atoms with Crippen molar-refractivity contribution < 1.29 is 19.1 Å². The average Bonchev–Trinajstić information content (AvgIpc) is 2.42. The Hall–Kier alpha value is -1.14. The molecule has 0 aromatic heterocycles. The van der Waals surface area contributed by atoms with Gasteiger partial charge in [-0.25, -0.2) is 0 Å². The highest BCUT2D eigenvalue weighted by atomic mass is 16.5. The van der Waals surface area contributed by atoms with Gasteiger partial charge in [0.05, 0.1) is 19.1 Å².